The maximum Gasteiger partial charge on any atom is 0.337 e. The minimum Gasteiger partial charge on any atom is -0.478 e. The minimum atomic E-state index is -1.39. The van der Waals surface area contributed by atoms with Gasteiger partial charge >= 0.3 is 5.97 Å². The van der Waals surface area contributed by atoms with Gasteiger partial charge in [-0.1, -0.05) is 0 Å². The van der Waals surface area contributed by atoms with Crippen molar-refractivity contribution in [1.29, 1.82) is 5.26 Å². The summed E-state index contributed by atoms with van der Waals surface area (Å²) in [5.74, 6) is -2.77. The van der Waals surface area contributed by atoms with Crippen LogP contribution in [0.4, 0.5) is 5.69 Å². The van der Waals surface area contributed by atoms with E-state index in [0.29, 0.717) is 0 Å². The number of rotatable bonds is 4. The van der Waals surface area contributed by atoms with Crippen LogP contribution in [0.15, 0.2) is 12.3 Å². The molecule has 1 N–H and O–H groups in total. The second-order valence-electron chi connectivity index (χ2n) is 2.93. The van der Waals surface area contributed by atoms with Gasteiger partial charge in [-0.3, -0.25) is 15.1 Å². The van der Waals surface area contributed by atoms with Crippen LogP contribution in [-0.2, 0) is 4.79 Å². The fourth-order valence-electron chi connectivity index (χ4n) is 1.12. The lowest BCUT2D eigenvalue weighted by molar-refractivity contribution is -0.386. The second-order valence-corrected chi connectivity index (χ2v) is 2.93. The van der Waals surface area contributed by atoms with Crippen LogP contribution < -0.4 is 0 Å². The molecule has 0 fully saturated rings. The number of carboxylic acid groups (broad SMARTS) is 1. The molecule has 0 aliphatic carbocycles. The van der Waals surface area contributed by atoms with Crippen LogP contribution in [0.2, 0.25) is 0 Å². The van der Waals surface area contributed by atoms with Crippen molar-refractivity contribution in [2.75, 3.05) is 0 Å². The average molecular weight is 235 g/mol. The zero-order valence-electron chi connectivity index (χ0n) is 8.23. The number of pyridine rings is 1. The summed E-state index contributed by atoms with van der Waals surface area (Å²) in [6, 6.07) is 2.29. The van der Waals surface area contributed by atoms with Gasteiger partial charge in [0.2, 0.25) is 0 Å². The first-order valence-corrected chi connectivity index (χ1v) is 4.23. The molecule has 86 valence electrons. The summed E-state index contributed by atoms with van der Waals surface area (Å²) in [7, 11) is 0. The smallest absolute Gasteiger partial charge is 0.337 e. The van der Waals surface area contributed by atoms with E-state index in [0.717, 1.165) is 12.3 Å². The molecule has 0 amide bonds. The number of nitro groups is 1. The molecule has 0 saturated carbocycles. The Kier molecular flexibility index (Phi) is 3.46. The maximum absolute atomic E-state index is 10.7. The van der Waals surface area contributed by atoms with Gasteiger partial charge in [-0.05, 0) is 0 Å². The topological polar surface area (TPSA) is 134 Å². The molecule has 1 unspecified atom stereocenters. The monoisotopic (exact) mass is 235 g/mol. The van der Waals surface area contributed by atoms with Gasteiger partial charge in [0.15, 0.2) is 5.92 Å². The molecule has 0 aliphatic heterocycles. The molecule has 0 aromatic carbocycles. The number of aromatic carboxylic acids is 1. The van der Waals surface area contributed by atoms with Crippen molar-refractivity contribution >= 4 is 17.9 Å². The summed E-state index contributed by atoms with van der Waals surface area (Å²) in [5, 5.41) is 27.9. The number of nitriles is 1. The molecule has 1 aromatic heterocycles. The summed E-state index contributed by atoms with van der Waals surface area (Å²) >= 11 is 0. The number of aromatic nitrogens is 1. The minimum absolute atomic E-state index is 0.204. The van der Waals surface area contributed by atoms with Crippen LogP contribution in [0.3, 0.4) is 0 Å². The van der Waals surface area contributed by atoms with Crippen molar-refractivity contribution in [3.8, 4) is 6.07 Å². The number of aldehydes is 1. The molecule has 1 atom stereocenters. The molecule has 8 heteroatoms. The van der Waals surface area contributed by atoms with Crippen molar-refractivity contribution in [1.82, 2.24) is 4.98 Å². The quantitative estimate of drug-likeness (QED) is 0.455. The zero-order chi connectivity index (χ0) is 13.0. The summed E-state index contributed by atoms with van der Waals surface area (Å²) < 4.78 is 0. The largest absolute Gasteiger partial charge is 0.478 e. The Labute approximate surface area is 94.3 Å². The third-order valence-corrected chi connectivity index (χ3v) is 1.91. The Hall–Kier alpha value is -2.82. The van der Waals surface area contributed by atoms with Crippen LogP contribution in [0.1, 0.15) is 22.0 Å². The Morgan fingerprint density at radius 3 is 2.76 bits per heavy atom. The standard InChI is InChI=1S/C9H5N3O5/c10-2-6(4-13)8-7(12(16)17)1-5(3-11-8)9(14)15/h1,3-4,6H,(H,14,15). The van der Waals surface area contributed by atoms with E-state index in [1.165, 1.54) is 6.07 Å². The van der Waals surface area contributed by atoms with Crippen molar-refractivity contribution in [3.63, 3.8) is 0 Å². The lowest BCUT2D eigenvalue weighted by Crippen LogP contribution is -2.08. The van der Waals surface area contributed by atoms with E-state index in [9.17, 15) is 19.7 Å². The Balaban J connectivity index is 3.42. The van der Waals surface area contributed by atoms with Gasteiger partial charge in [-0.15, -0.1) is 0 Å². The molecular weight excluding hydrogens is 230 g/mol. The Morgan fingerprint density at radius 1 is 1.71 bits per heavy atom. The van der Waals surface area contributed by atoms with E-state index in [-0.39, 0.29) is 17.5 Å². The lowest BCUT2D eigenvalue weighted by Gasteiger charge is -2.03. The molecule has 17 heavy (non-hydrogen) atoms. The van der Waals surface area contributed by atoms with Gasteiger partial charge in [0.05, 0.1) is 16.6 Å². The lowest BCUT2D eigenvalue weighted by atomic mass is 10.1. The van der Waals surface area contributed by atoms with Crippen LogP contribution in [0.25, 0.3) is 0 Å². The number of hydrogen-bond donors (Lipinski definition) is 1. The van der Waals surface area contributed by atoms with Gasteiger partial charge in [0, 0.05) is 12.3 Å². The second kappa shape index (κ2) is 4.80. The molecule has 0 radical (unpaired) electrons. The van der Waals surface area contributed by atoms with Gasteiger partial charge < -0.3 is 9.90 Å². The van der Waals surface area contributed by atoms with E-state index >= 15 is 0 Å². The van der Waals surface area contributed by atoms with Crippen LogP contribution >= 0.6 is 0 Å². The molecule has 1 heterocycles. The molecule has 1 rings (SSSR count). The van der Waals surface area contributed by atoms with Crippen molar-refractivity contribution in [2.45, 2.75) is 5.92 Å². The highest BCUT2D eigenvalue weighted by Crippen LogP contribution is 2.24. The van der Waals surface area contributed by atoms with Crippen LogP contribution in [0, 0.1) is 21.4 Å². The van der Waals surface area contributed by atoms with Crippen LogP contribution in [0.5, 0.6) is 0 Å². The summed E-state index contributed by atoms with van der Waals surface area (Å²) in [4.78, 5) is 34.4. The van der Waals surface area contributed by atoms with Crippen molar-refractivity contribution in [2.24, 2.45) is 0 Å². The highest BCUT2D eigenvalue weighted by atomic mass is 16.6. The number of carboxylic acids is 1. The first kappa shape index (κ1) is 12.3. The van der Waals surface area contributed by atoms with Gasteiger partial charge in [-0.25, -0.2) is 4.79 Å². The molecule has 0 spiro atoms. The molecule has 8 nitrogen and oxygen atoms in total. The summed E-state index contributed by atoms with van der Waals surface area (Å²) in [6.45, 7) is 0. The third-order valence-electron chi connectivity index (χ3n) is 1.91. The number of hydrogen-bond acceptors (Lipinski definition) is 6. The van der Waals surface area contributed by atoms with E-state index < -0.39 is 22.5 Å². The highest BCUT2D eigenvalue weighted by Gasteiger charge is 2.25. The maximum atomic E-state index is 10.7. The van der Waals surface area contributed by atoms with E-state index in [4.69, 9.17) is 10.4 Å². The predicted octanol–water partition coefficient (Wildman–Crippen LogP) is 0.494. The molecule has 0 bridgehead atoms. The molecule has 0 aliphatic rings. The van der Waals surface area contributed by atoms with Gasteiger partial charge in [0.25, 0.3) is 5.69 Å². The normalized spacial score (nSPS) is 11.2. The van der Waals surface area contributed by atoms with E-state index in [1.807, 2.05) is 0 Å². The van der Waals surface area contributed by atoms with Gasteiger partial charge in [0.1, 0.15) is 12.0 Å². The first-order chi connectivity index (χ1) is 8.01. The predicted molar refractivity (Wildman–Crippen MR) is 52.3 cm³/mol. The Bertz CT molecular complexity index is 534. The Morgan fingerprint density at radius 2 is 2.35 bits per heavy atom. The van der Waals surface area contributed by atoms with Crippen molar-refractivity contribution < 1.29 is 19.6 Å². The van der Waals surface area contributed by atoms with E-state index in [1.54, 1.807) is 0 Å². The average Bonchev–Trinajstić information content (AvgIpc) is 2.30. The van der Waals surface area contributed by atoms with Crippen LogP contribution in [-0.4, -0.2) is 27.3 Å². The number of carbonyl (C=O) groups excluding carboxylic acids is 1. The third kappa shape index (κ3) is 2.40. The SMILES string of the molecule is N#CC(C=O)c1ncc(C(=O)O)cc1[N+](=O)[O-]. The zero-order valence-corrected chi connectivity index (χ0v) is 8.23. The first-order valence-electron chi connectivity index (χ1n) is 4.23. The highest BCUT2D eigenvalue weighted by molar-refractivity contribution is 5.88. The summed E-state index contributed by atoms with van der Waals surface area (Å²) in [5.41, 5.74) is -1.41. The molecule has 0 saturated heterocycles. The van der Waals surface area contributed by atoms with E-state index in [2.05, 4.69) is 4.98 Å². The molecule has 1 aromatic rings. The van der Waals surface area contributed by atoms with Crippen molar-refractivity contribution in [3.05, 3.63) is 33.6 Å². The number of carbonyl (C=O) groups is 2. The molecular formula is C9H5N3O5. The fourth-order valence-corrected chi connectivity index (χ4v) is 1.12. The summed E-state index contributed by atoms with van der Waals surface area (Å²) in [6.07, 6.45) is 1.06. The number of nitrogens with zero attached hydrogens (tertiary/aromatic N) is 3. The fraction of sp³-hybridized carbons (Fsp3) is 0.111. The van der Waals surface area contributed by atoms with Gasteiger partial charge in [-0.2, -0.15) is 5.26 Å².